The Hall–Kier alpha value is -1.31. The van der Waals surface area contributed by atoms with Crippen molar-refractivity contribution in [1.29, 1.82) is 0 Å². The third-order valence-electron chi connectivity index (χ3n) is 2.97. The highest BCUT2D eigenvalue weighted by atomic mass is 16.5. The van der Waals surface area contributed by atoms with Gasteiger partial charge in [0.05, 0.1) is 0 Å². The highest BCUT2D eigenvalue weighted by molar-refractivity contribution is 5.72. The molecule has 0 saturated carbocycles. The number of unbranched alkanes of at least 4 members (excludes halogenated alkanes) is 1. The van der Waals surface area contributed by atoms with E-state index in [-0.39, 0.29) is 5.97 Å². The van der Waals surface area contributed by atoms with Crippen molar-refractivity contribution in [3.8, 4) is 5.75 Å². The molecule has 0 aliphatic rings. The lowest BCUT2D eigenvalue weighted by atomic mass is 9.96. The molecule has 0 aliphatic carbocycles. The van der Waals surface area contributed by atoms with E-state index >= 15 is 0 Å². The summed E-state index contributed by atoms with van der Waals surface area (Å²) in [5.74, 6) is 0.994. The summed E-state index contributed by atoms with van der Waals surface area (Å²) in [5, 5.41) is 0. The van der Waals surface area contributed by atoms with Gasteiger partial charge in [0.25, 0.3) is 0 Å². The maximum atomic E-state index is 11.7. The molecule has 0 aliphatic heterocycles. The summed E-state index contributed by atoms with van der Waals surface area (Å²) >= 11 is 0. The number of esters is 1. The molecule has 2 heteroatoms. The van der Waals surface area contributed by atoms with Crippen LogP contribution >= 0.6 is 0 Å². The van der Waals surface area contributed by atoms with Gasteiger partial charge in [-0.2, -0.15) is 0 Å². The molecule has 0 N–H and O–H groups in total. The second-order valence-electron chi connectivity index (χ2n) is 4.41. The Bertz CT molecular complexity index is 319. The lowest BCUT2D eigenvalue weighted by Gasteiger charge is -2.13. The number of hydrogen-bond acceptors (Lipinski definition) is 2. The maximum Gasteiger partial charge on any atom is 0.311 e. The molecule has 1 rings (SSSR count). The van der Waals surface area contributed by atoms with E-state index in [1.54, 1.807) is 0 Å². The van der Waals surface area contributed by atoms with Crippen LogP contribution in [0.3, 0.4) is 0 Å². The van der Waals surface area contributed by atoms with E-state index in [1.807, 2.05) is 30.3 Å². The summed E-state index contributed by atoms with van der Waals surface area (Å²) in [6.45, 7) is 4.31. The number of carbonyl (C=O) groups is 1. The Morgan fingerprint density at radius 1 is 1.24 bits per heavy atom. The monoisotopic (exact) mass is 234 g/mol. The van der Waals surface area contributed by atoms with Gasteiger partial charge in [-0.25, -0.2) is 0 Å². The van der Waals surface area contributed by atoms with E-state index in [4.69, 9.17) is 4.74 Å². The lowest BCUT2D eigenvalue weighted by molar-refractivity contribution is -0.135. The van der Waals surface area contributed by atoms with E-state index in [2.05, 4.69) is 13.8 Å². The largest absolute Gasteiger partial charge is 0.427 e. The van der Waals surface area contributed by atoms with Crippen molar-refractivity contribution in [2.75, 3.05) is 0 Å². The van der Waals surface area contributed by atoms with Gasteiger partial charge in [0.2, 0.25) is 0 Å². The van der Waals surface area contributed by atoms with Crippen LogP contribution in [0.2, 0.25) is 0 Å². The highest BCUT2D eigenvalue weighted by Crippen LogP contribution is 2.18. The van der Waals surface area contributed by atoms with Crippen molar-refractivity contribution in [3.05, 3.63) is 30.3 Å². The number of rotatable bonds is 7. The van der Waals surface area contributed by atoms with Gasteiger partial charge in [-0.3, -0.25) is 4.79 Å². The minimum atomic E-state index is -0.112. The Labute approximate surface area is 104 Å². The zero-order chi connectivity index (χ0) is 12.5. The third kappa shape index (κ3) is 5.53. The first-order valence-corrected chi connectivity index (χ1v) is 6.52. The average Bonchev–Trinajstić information content (AvgIpc) is 2.35. The minimum absolute atomic E-state index is 0.112. The molecule has 0 bridgehead atoms. The van der Waals surface area contributed by atoms with Crippen LogP contribution in [0.4, 0.5) is 0 Å². The summed E-state index contributed by atoms with van der Waals surface area (Å²) in [4.78, 5) is 11.7. The van der Waals surface area contributed by atoms with Gasteiger partial charge in [-0.1, -0.05) is 51.3 Å². The van der Waals surface area contributed by atoms with Crippen LogP contribution in [0.15, 0.2) is 30.3 Å². The minimum Gasteiger partial charge on any atom is -0.427 e. The Kier molecular flexibility index (Phi) is 6.38. The first kappa shape index (κ1) is 13.8. The van der Waals surface area contributed by atoms with Crippen LogP contribution in [0, 0.1) is 5.92 Å². The standard InChI is InChI=1S/C15H22O2/c1-3-5-9-13(4-2)12-15(16)17-14-10-7-6-8-11-14/h6-8,10-11,13H,3-5,9,12H2,1-2H3. The molecule has 1 atom stereocenters. The molecule has 0 heterocycles. The number of carbonyl (C=O) groups excluding carboxylic acids is 1. The fourth-order valence-corrected chi connectivity index (χ4v) is 1.84. The zero-order valence-electron chi connectivity index (χ0n) is 10.8. The Balaban J connectivity index is 2.37. The quantitative estimate of drug-likeness (QED) is 0.522. The van der Waals surface area contributed by atoms with Gasteiger partial charge < -0.3 is 4.74 Å². The number of hydrogen-bond donors (Lipinski definition) is 0. The molecule has 1 aromatic rings. The van der Waals surface area contributed by atoms with Crippen molar-refractivity contribution < 1.29 is 9.53 Å². The summed E-state index contributed by atoms with van der Waals surface area (Å²) in [5.41, 5.74) is 0. The van der Waals surface area contributed by atoms with Crippen LogP contribution in [0.1, 0.15) is 46.0 Å². The van der Waals surface area contributed by atoms with Gasteiger partial charge in [0.15, 0.2) is 0 Å². The van der Waals surface area contributed by atoms with E-state index in [0.29, 0.717) is 18.1 Å². The van der Waals surface area contributed by atoms with Crippen molar-refractivity contribution in [2.24, 2.45) is 5.92 Å². The van der Waals surface area contributed by atoms with Crippen molar-refractivity contribution in [3.63, 3.8) is 0 Å². The van der Waals surface area contributed by atoms with E-state index < -0.39 is 0 Å². The molecule has 0 fully saturated rings. The molecule has 0 radical (unpaired) electrons. The summed E-state index contributed by atoms with van der Waals surface area (Å²) in [6.07, 6.45) is 5.08. The van der Waals surface area contributed by atoms with Gasteiger partial charge >= 0.3 is 5.97 Å². The normalized spacial score (nSPS) is 12.1. The molecular formula is C15H22O2. The molecule has 94 valence electrons. The highest BCUT2D eigenvalue weighted by Gasteiger charge is 2.13. The van der Waals surface area contributed by atoms with E-state index in [1.165, 1.54) is 12.8 Å². The van der Waals surface area contributed by atoms with Gasteiger partial charge in [-0.05, 0) is 24.5 Å². The fraction of sp³-hybridized carbons (Fsp3) is 0.533. The number of para-hydroxylation sites is 1. The molecule has 2 nitrogen and oxygen atoms in total. The fourth-order valence-electron chi connectivity index (χ4n) is 1.84. The second kappa shape index (κ2) is 7.88. The topological polar surface area (TPSA) is 26.3 Å². The Morgan fingerprint density at radius 3 is 2.53 bits per heavy atom. The van der Waals surface area contributed by atoms with Crippen LogP contribution in [0.5, 0.6) is 5.75 Å². The second-order valence-corrected chi connectivity index (χ2v) is 4.41. The van der Waals surface area contributed by atoms with E-state index in [9.17, 15) is 4.79 Å². The average molecular weight is 234 g/mol. The predicted molar refractivity (Wildman–Crippen MR) is 70.0 cm³/mol. The molecule has 0 spiro atoms. The van der Waals surface area contributed by atoms with Gasteiger partial charge in [-0.15, -0.1) is 0 Å². The van der Waals surface area contributed by atoms with Crippen molar-refractivity contribution in [2.45, 2.75) is 46.0 Å². The first-order valence-electron chi connectivity index (χ1n) is 6.52. The smallest absolute Gasteiger partial charge is 0.311 e. The van der Waals surface area contributed by atoms with Crippen LogP contribution in [-0.2, 0) is 4.79 Å². The zero-order valence-corrected chi connectivity index (χ0v) is 10.8. The van der Waals surface area contributed by atoms with Gasteiger partial charge in [0, 0.05) is 6.42 Å². The van der Waals surface area contributed by atoms with Crippen LogP contribution < -0.4 is 4.74 Å². The van der Waals surface area contributed by atoms with Crippen molar-refractivity contribution >= 4 is 5.97 Å². The summed E-state index contributed by atoms with van der Waals surface area (Å²) in [7, 11) is 0. The van der Waals surface area contributed by atoms with Crippen molar-refractivity contribution in [1.82, 2.24) is 0 Å². The maximum absolute atomic E-state index is 11.7. The van der Waals surface area contributed by atoms with Crippen LogP contribution in [0.25, 0.3) is 0 Å². The first-order chi connectivity index (χ1) is 8.26. The molecule has 17 heavy (non-hydrogen) atoms. The molecule has 1 unspecified atom stereocenters. The predicted octanol–water partition coefficient (Wildman–Crippen LogP) is 4.20. The third-order valence-corrected chi connectivity index (χ3v) is 2.97. The van der Waals surface area contributed by atoms with Crippen LogP contribution in [-0.4, -0.2) is 5.97 Å². The number of benzene rings is 1. The Morgan fingerprint density at radius 2 is 1.94 bits per heavy atom. The van der Waals surface area contributed by atoms with Gasteiger partial charge in [0.1, 0.15) is 5.75 Å². The summed E-state index contributed by atoms with van der Waals surface area (Å²) < 4.78 is 5.29. The molecule has 1 aromatic carbocycles. The molecule has 0 aromatic heterocycles. The number of ether oxygens (including phenoxy) is 1. The lowest BCUT2D eigenvalue weighted by Crippen LogP contribution is -2.13. The molecule has 0 saturated heterocycles. The SMILES string of the molecule is CCCCC(CC)CC(=O)Oc1ccccc1. The summed E-state index contributed by atoms with van der Waals surface area (Å²) in [6, 6.07) is 9.28. The molecule has 0 amide bonds. The molecular weight excluding hydrogens is 212 g/mol. The van der Waals surface area contributed by atoms with E-state index in [0.717, 1.165) is 12.8 Å².